The summed E-state index contributed by atoms with van der Waals surface area (Å²) in [6.07, 6.45) is 7.50. The summed E-state index contributed by atoms with van der Waals surface area (Å²) in [6.45, 7) is 2.94. The number of hydrogen-bond acceptors (Lipinski definition) is 4. The summed E-state index contributed by atoms with van der Waals surface area (Å²) in [5.74, 6) is 1.83. The van der Waals surface area contributed by atoms with Gasteiger partial charge in [0, 0.05) is 19.6 Å². The van der Waals surface area contributed by atoms with Gasteiger partial charge < -0.3 is 10.2 Å². The first kappa shape index (κ1) is 10.2. The van der Waals surface area contributed by atoms with Gasteiger partial charge in [0.25, 0.3) is 0 Å². The Labute approximate surface area is 90.7 Å². The molecule has 0 unspecified atom stereocenters. The quantitative estimate of drug-likeness (QED) is 0.817. The van der Waals surface area contributed by atoms with Crippen molar-refractivity contribution in [3.63, 3.8) is 0 Å². The lowest BCUT2D eigenvalue weighted by Crippen LogP contribution is -2.37. The number of aromatic nitrogens is 2. The molecule has 1 aliphatic rings. The molecule has 0 atom stereocenters. The first-order valence-electron chi connectivity index (χ1n) is 5.60. The van der Waals surface area contributed by atoms with Crippen LogP contribution in [-0.4, -0.2) is 29.6 Å². The molecular formula is C11H18N4. The van der Waals surface area contributed by atoms with Gasteiger partial charge in [0.1, 0.15) is 11.6 Å². The second-order valence-corrected chi connectivity index (χ2v) is 3.99. The van der Waals surface area contributed by atoms with Crippen molar-refractivity contribution in [2.24, 2.45) is 0 Å². The van der Waals surface area contributed by atoms with E-state index in [0.29, 0.717) is 6.04 Å². The SMILES string of the molecule is CCNc1cncc(N(C)C2CCC2)n1. The summed E-state index contributed by atoms with van der Waals surface area (Å²) in [5.41, 5.74) is 0. The Kier molecular flexibility index (Phi) is 3.04. The van der Waals surface area contributed by atoms with Crippen LogP contribution in [-0.2, 0) is 0 Å². The van der Waals surface area contributed by atoms with E-state index in [1.165, 1.54) is 19.3 Å². The number of anilines is 2. The monoisotopic (exact) mass is 206 g/mol. The average molecular weight is 206 g/mol. The van der Waals surface area contributed by atoms with Gasteiger partial charge >= 0.3 is 0 Å². The molecule has 0 radical (unpaired) electrons. The van der Waals surface area contributed by atoms with Crippen molar-refractivity contribution in [2.45, 2.75) is 32.2 Å². The van der Waals surface area contributed by atoms with E-state index >= 15 is 0 Å². The van der Waals surface area contributed by atoms with Crippen LogP contribution in [0.2, 0.25) is 0 Å². The minimum atomic E-state index is 0.663. The van der Waals surface area contributed by atoms with Gasteiger partial charge in [-0.15, -0.1) is 0 Å². The lowest BCUT2D eigenvalue weighted by atomic mass is 9.92. The first-order chi connectivity index (χ1) is 7.31. The fraction of sp³-hybridized carbons (Fsp3) is 0.636. The molecule has 2 rings (SSSR count). The van der Waals surface area contributed by atoms with Crippen molar-refractivity contribution in [3.05, 3.63) is 12.4 Å². The van der Waals surface area contributed by atoms with Crippen LogP contribution in [0.4, 0.5) is 11.6 Å². The fourth-order valence-electron chi connectivity index (χ4n) is 1.75. The first-order valence-corrected chi connectivity index (χ1v) is 5.60. The zero-order valence-electron chi connectivity index (χ0n) is 9.40. The molecule has 0 aliphatic heterocycles. The zero-order valence-corrected chi connectivity index (χ0v) is 9.40. The summed E-state index contributed by atoms with van der Waals surface area (Å²) in [6, 6.07) is 0.663. The van der Waals surface area contributed by atoms with Gasteiger partial charge in [0.15, 0.2) is 0 Å². The predicted octanol–water partition coefficient (Wildman–Crippen LogP) is 1.90. The molecule has 0 spiro atoms. The second-order valence-electron chi connectivity index (χ2n) is 3.99. The third kappa shape index (κ3) is 2.19. The normalized spacial score (nSPS) is 15.9. The van der Waals surface area contributed by atoms with E-state index in [1.807, 2.05) is 6.20 Å². The number of nitrogens with one attached hydrogen (secondary N) is 1. The lowest BCUT2D eigenvalue weighted by Gasteiger charge is -2.35. The molecule has 4 nitrogen and oxygen atoms in total. The van der Waals surface area contributed by atoms with E-state index in [4.69, 9.17) is 0 Å². The van der Waals surface area contributed by atoms with Crippen molar-refractivity contribution in [2.75, 3.05) is 23.8 Å². The largest absolute Gasteiger partial charge is 0.369 e. The summed E-state index contributed by atoms with van der Waals surface area (Å²) < 4.78 is 0. The average Bonchev–Trinajstić information content (AvgIpc) is 2.16. The highest BCUT2D eigenvalue weighted by atomic mass is 15.2. The van der Waals surface area contributed by atoms with Crippen LogP contribution in [0.1, 0.15) is 26.2 Å². The van der Waals surface area contributed by atoms with Gasteiger partial charge in [-0.3, -0.25) is 4.98 Å². The van der Waals surface area contributed by atoms with Gasteiger partial charge in [-0.25, -0.2) is 4.98 Å². The van der Waals surface area contributed by atoms with Crippen LogP contribution >= 0.6 is 0 Å². The van der Waals surface area contributed by atoms with E-state index in [0.717, 1.165) is 18.2 Å². The molecule has 1 heterocycles. The third-order valence-electron chi connectivity index (χ3n) is 2.96. The minimum Gasteiger partial charge on any atom is -0.369 e. The van der Waals surface area contributed by atoms with Crippen LogP contribution in [0, 0.1) is 0 Å². The molecule has 15 heavy (non-hydrogen) atoms. The molecule has 1 N–H and O–H groups in total. The van der Waals surface area contributed by atoms with Crippen molar-refractivity contribution < 1.29 is 0 Å². The molecule has 1 saturated carbocycles. The fourth-order valence-corrected chi connectivity index (χ4v) is 1.75. The van der Waals surface area contributed by atoms with E-state index in [9.17, 15) is 0 Å². The Bertz CT molecular complexity index is 322. The Morgan fingerprint density at radius 2 is 2.27 bits per heavy atom. The molecule has 0 bridgehead atoms. The zero-order chi connectivity index (χ0) is 10.7. The minimum absolute atomic E-state index is 0.663. The highest BCUT2D eigenvalue weighted by molar-refractivity contribution is 5.44. The van der Waals surface area contributed by atoms with Crippen LogP contribution in [0.15, 0.2) is 12.4 Å². The Balaban J connectivity index is 2.09. The van der Waals surface area contributed by atoms with E-state index in [2.05, 4.69) is 34.2 Å². The molecule has 1 aromatic rings. The molecule has 0 aromatic carbocycles. The highest BCUT2D eigenvalue weighted by Gasteiger charge is 2.23. The Morgan fingerprint density at radius 1 is 1.47 bits per heavy atom. The lowest BCUT2D eigenvalue weighted by molar-refractivity contribution is 0.399. The standard InChI is InChI=1S/C11H18N4/c1-3-13-10-7-12-8-11(14-10)15(2)9-5-4-6-9/h7-9H,3-6H2,1-2H3,(H,13,14). The van der Waals surface area contributed by atoms with Crippen LogP contribution in [0.25, 0.3) is 0 Å². The van der Waals surface area contributed by atoms with E-state index in [1.54, 1.807) is 6.20 Å². The Hall–Kier alpha value is -1.32. The molecule has 0 saturated heterocycles. The Morgan fingerprint density at radius 3 is 2.87 bits per heavy atom. The van der Waals surface area contributed by atoms with E-state index < -0.39 is 0 Å². The summed E-state index contributed by atoms with van der Waals surface area (Å²) >= 11 is 0. The molecule has 4 heteroatoms. The maximum atomic E-state index is 4.52. The second kappa shape index (κ2) is 4.47. The number of rotatable bonds is 4. The predicted molar refractivity (Wildman–Crippen MR) is 62.2 cm³/mol. The van der Waals surface area contributed by atoms with Gasteiger partial charge in [-0.1, -0.05) is 0 Å². The van der Waals surface area contributed by atoms with Gasteiger partial charge in [-0.05, 0) is 26.2 Å². The molecule has 82 valence electrons. The van der Waals surface area contributed by atoms with Crippen LogP contribution in [0.5, 0.6) is 0 Å². The molecule has 1 aliphatic carbocycles. The van der Waals surface area contributed by atoms with Gasteiger partial charge in [0.2, 0.25) is 0 Å². The van der Waals surface area contributed by atoms with Gasteiger partial charge in [0.05, 0.1) is 12.4 Å². The molecular weight excluding hydrogens is 188 g/mol. The topological polar surface area (TPSA) is 41.1 Å². The highest BCUT2D eigenvalue weighted by Crippen LogP contribution is 2.26. The maximum absolute atomic E-state index is 4.52. The molecule has 1 aromatic heterocycles. The maximum Gasteiger partial charge on any atom is 0.149 e. The van der Waals surface area contributed by atoms with Crippen molar-refractivity contribution >= 4 is 11.6 Å². The molecule has 0 amide bonds. The molecule has 1 fully saturated rings. The van der Waals surface area contributed by atoms with Crippen LogP contribution in [0.3, 0.4) is 0 Å². The summed E-state index contributed by atoms with van der Waals surface area (Å²) in [7, 11) is 2.10. The van der Waals surface area contributed by atoms with Crippen molar-refractivity contribution in [3.8, 4) is 0 Å². The van der Waals surface area contributed by atoms with Crippen LogP contribution < -0.4 is 10.2 Å². The number of hydrogen-bond donors (Lipinski definition) is 1. The third-order valence-corrected chi connectivity index (χ3v) is 2.96. The van der Waals surface area contributed by atoms with Gasteiger partial charge in [-0.2, -0.15) is 0 Å². The van der Waals surface area contributed by atoms with Crippen molar-refractivity contribution in [1.82, 2.24) is 9.97 Å². The summed E-state index contributed by atoms with van der Waals surface area (Å²) in [4.78, 5) is 10.9. The number of nitrogens with zero attached hydrogens (tertiary/aromatic N) is 3. The summed E-state index contributed by atoms with van der Waals surface area (Å²) in [5, 5.41) is 3.18. The smallest absolute Gasteiger partial charge is 0.149 e. The van der Waals surface area contributed by atoms with Crippen molar-refractivity contribution in [1.29, 1.82) is 0 Å². The van der Waals surface area contributed by atoms with E-state index in [-0.39, 0.29) is 0 Å².